The van der Waals surface area contributed by atoms with Gasteiger partial charge >= 0.3 is 0 Å². The molecule has 1 aromatic heterocycles. The van der Waals surface area contributed by atoms with Crippen molar-refractivity contribution in [2.24, 2.45) is 0 Å². The molecule has 3 rings (SSSR count). The van der Waals surface area contributed by atoms with Crippen molar-refractivity contribution < 1.29 is 18.7 Å². The Morgan fingerprint density at radius 3 is 2.91 bits per heavy atom. The van der Waals surface area contributed by atoms with Crippen molar-refractivity contribution in [3.8, 4) is 5.75 Å². The van der Waals surface area contributed by atoms with Crippen LogP contribution in [0.15, 0.2) is 41.0 Å². The van der Waals surface area contributed by atoms with E-state index in [0.29, 0.717) is 23.7 Å². The summed E-state index contributed by atoms with van der Waals surface area (Å²) >= 11 is 0. The van der Waals surface area contributed by atoms with Gasteiger partial charge in [-0.05, 0) is 43.7 Å². The van der Waals surface area contributed by atoms with E-state index in [4.69, 9.17) is 9.15 Å². The van der Waals surface area contributed by atoms with E-state index >= 15 is 0 Å². The number of hydrogen-bond donors (Lipinski definition) is 1. The summed E-state index contributed by atoms with van der Waals surface area (Å²) in [6.07, 6.45) is 0.941. The van der Waals surface area contributed by atoms with Crippen LogP contribution in [0.3, 0.4) is 0 Å². The van der Waals surface area contributed by atoms with Gasteiger partial charge in [0.15, 0.2) is 6.10 Å². The van der Waals surface area contributed by atoms with E-state index in [2.05, 4.69) is 5.32 Å². The standard InChI is InChI=1S/C17H18N2O4/c1-11-5-6-15-14(8-11)19(17(21)12(2)23-15)10-16(20)18-9-13-4-3-7-22-13/h3-8,12H,9-10H2,1-2H3,(H,18,20)/t12-/m0/s1. The molecule has 0 fully saturated rings. The lowest BCUT2D eigenvalue weighted by Gasteiger charge is -2.32. The number of nitrogens with zero attached hydrogens (tertiary/aromatic N) is 1. The minimum atomic E-state index is -0.608. The van der Waals surface area contributed by atoms with Crippen LogP contribution in [0, 0.1) is 6.92 Å². The van der Waals surface area contributed by atoms with Crippen molar-refractivity contribution in [3.05, 3.63) is 47.9 Å². The van der Waals surface area contributed by atoms with Crippen molar-refractivity contribution in [1.29, 1.82) is 0 Å². The molecule has 1 aliphatic heterocycles. The first-order chi connectivity index (χ1) is 11.0. The van der Waals surface area contributed by atoms with Gasteiger partial charge in [0.2, 0.25) is 5.91 Å². The molecule has 6 nitrogen and oxygen atoms in total. The van der Waals surface area contributed by atoms with E-state index < -0.39 is 6.10 Å². The first-order valence-electron chi connectivity index (χ1n) is 7.42. The minimum Gasteiger partial charge on any atom is -0.479 e. The molecule has 6 heteroatoms. The largest absolute Gasteiger partial charge is 0.479 e. The summed E-state index contributed by atoms with van der Waals surface area (Å²) in [7, 11) is 0. The molecule has 0 radical (unpaired) electrons. The first-order valence-corrected chi connectivity index (χ1v) is 7.42. The Morgan fingerprint density at radius 2 is 2.17 bits per heavy atom. The average molecular weight is 314 g/mol. The Kier molecular flexibility index (Phi) is 4.06. The third kappa shape index (κ3) is 3.21. The molecule has 0 saturated carbocycles. The number of nitrogens with one attached hydrogen (secondary N) is 1. The van der Waals surface area contributed by atoms with Gasteiger partial charge in [0.1, 0.15) is 18.1 Å². The second-order valence-electron chi connectivity index (χ2n) is 5.51. The van der Waals surface area contributed by atoms with Gasteiger partial charge in [-0.3, -0.25) is 14.5 Å². The Labute approximate surface area is 134 Å². The lowest BCUT2D eigenvalue weighted by atomic mass is 10.1. The van der Waals surface area contributed by atoms with E-state index in [9.17, 15) is 9.59 Å². The van der Waals surface area contributed by atoms with Crippen molar-refractivity contribution in [3.63, 3.8) is 0 Å². The smallest absolute Gasteiger partial charge is 0.268 e. The number of aryl methyl sites for hydroxylation is 1. The SMILES string of the molecule is Cc1ccc2c(c1)N(CC(=O)NCc1ccco1)C(=O)[C@H](C)O2. The van der Waals surface area contributed by atoms with Gasteiger partial charge < -0.3 is 14.5 Å². The van der Waals surface area contributed by atoms with Gasteiger partial charge in [0, 0.05) is 0 Å². The van der Waals surface area contributed by atoms with Crippen molar-refractivity contribution in [1.82, 2.24) is 5.32 Å². The molecule has 2 aromatic rings. The van der Waals surface area contributed by atoms with Crippen LogP contribution in [0.4, 0.5) is 5.69 Å². The van der Waals surface area contributed by atoms with E-state index in [1.807, 2.05) is 25.1 Å². The van der Waals surface area contributed by atoms with E-state index in [0.717, 1.165) is 5.56 Å². The average Bonchev–Trinajstić information content (AvgIpc) is 3.04. The Morgan fingerprint density at radius 1 is 1.35 bits per heavy atom. The molecule has 1 aromatic carbocycles. The number of carbonyl (C=O) groups is 2. The number of fused-ring (bicyclic) bond motifs is 1. The van der Waals surface area contributed by atoms with Crippen molar-refractivity contribution in [2.75, 3.05) is 11.4 Å². The normalized spacial score (nSPS) is 16.7. The zero-order chi connectivity index (χ0) is 16.4. The highest BCUT2D eigenvalue weighted by molar-refractivity contribution is 6.03. The third-order valence-electron chi connectivity index (χ3n) is 3.66. The predicted octanol–water partition coefficient (Wildman–Crippen LogP) is 2.02. The summed E-state index contributed by atoms with van der Waals surface area (Å²) in [5, 5.41) is 2.75. The van der Waals surface area contributed by atoms with Crippen LogP contribution in [0.1, 0.15) is 18.2 Å². The number of amides is 2. The fraction of sp³-hybridized carbons (Fsp3) is 0.294. The highest BCUT2D eigenvalue weighted by atomic mass is 16.5. The number of benzene rings is 1. The molecule has 0 aliphatic carbocycles. The number of carbonyl (C=O) groups excluding carboxylic acids is 2. The zero-order valence-corrected chi connectivity index (χ0v) is 13.0. The quantitative estimate of drug-likeness (QED) is 0.937. The zero-order valence-electron chi connectivity index (χ0n) is 13.0. The molecular formula is C17H18N2O4. The molecule has 0 unspecified atom stereocenters. The van der Waals surface area contributed by atoms with Crippen molar-refractivity contribution >= 4 is 17.5 Å². The maximum absolute atomic E-state index is 12.4. The summed E-state index contributed by atoms with van der Waals surface area (Å²) in [5.41, 5.74) is 1.62. The Balaban J connectivity index is 1.74. The highest BCUT2D eigenvalue weighted by Gasteiger charge is 2.32. The summed E-state index contributed by atoms with van der Waals surface area (Å²) in [6.45, 7) is 3.85. The summed E-state index contributed by atoms with van der Waals surface area (Å²) in [4.78, 5) is 26.0. The number of furan rings is 1. The molecule has 0 spiro atoms. The fourth-order valence-corrected chi connectivity index (χ4v) is 2.48. The lowest BCUT2D eigenvalue weighted by Crippen LogP contribution is -2.48. The number of rotatable bonds is 4. The molecule has 1 N–H and O–H groups in total. The van der Waals surface area contributed by atoms with Crippen LogP contribution in [0.25, 0.3) is 0 Å². The summed E-state index contributed by atoms with van der Waals surface area (Å²) in [5.74, 6) is 0.797. The van der Waals surface area contributed by atoms with Gasteiger partial charge in [-0.1, -0.05) is 6.07 Å². The third-order valence-corrected chi connectivity index (χ3v) is 3.66. The Bertz CT molecular complexity index is 724. The molecule has 1 aliphatic rings. The number of ether oxygens (including phenoxy) is 1. The summed E-state index contributed by atoms with van der Waals surface area (Å²) in [6, 6.07) is 9.12. The van der Waals surface area contributed by atoms with Crippen LogP contribution >= 0.6 is 0 Å². The molecule has 0 bridgehead atoms. The second kappa shape index (κ2) is 6.16. The van der Waals surface area contributed by atoms with Gasteiger partial charge in [-0.15, -0.1) is 0 Å². The fourth-order valence-electron chi connectivity index (χ4n) is 2.48. The molecule has 0 saturated heterocycles. The Hall–Kier alpha value is -2.76. The highest BCUT2D eigenvalue weighted by Crippen LogP contribution is 2.34. The minimum absolute atomic E-state index is 0.0519. The van der Waals surface area contributed by atoms with Gasteiger partial charge in [-0.2, -0.15) is 0 Å². The van der Waals surface area contributed by atoms with Gasteiger partial charge in [0.25, 0.3) is 5.91 Å². The molecule has 2 heterocycles. The van der Waals surface area contributed by atoms with Crippen LogP contribution in [0.5, 0.6) is 5.75 Å². The first kappa shape index (κ1) is 15.1. The van der Waals surface area contributed by atoms with Gasteiger partial charge in [-0.25, -0.2) is 0 Å². The second-order valence-corrected chi connectivity index (χ2v) is 5.51. The maximum atomic E-state index is 12.4. The van der Waals surface area contributed by atoms with Crippen LogP contribution in [0.2, 0.25) is 0 Å². The van der Waals surface area contributed by atoms with Crippen LogP contribution in [-0.2, 0) is 16.1 Å². The predicted molar refractivity (Wildman–Crippen MR) is 84.2 cm³/mol. The number of hydrogen-bond acceptors (Lipinski definition) is 4. The topological polar surface area (TPSA) is 71.8 Å². The van der Waals surface area contributed by atoms with Gasteiger partial charge in [0.05, 0.1) is 18.5 Å². The van der Waals surface area contributed by atoms with E-state index in [1.54, 1.807) is 25.3 Å². The van der Waals surface area contributed by atoms with Crippen molar-refractivity contribution in [2.45, 2.75) is 26.5 Å². The monoisotopic (exact) mass is 314 g/mol. The van der Waals surface area contributed by atoms with Crippen LogP contribution < -0.4 is 15.0 Å². The molecule has 1 atom stereocenters. The lowest BCUT2D eigenvalue weighted by molar-refractivity contribution is -0.128. The van der Waals surface area contributed by atoms with E-state index in [1.165, 1.54) is 4.90 Å². The van der Waals surface area contributed by atoms with Crippen LogP contribution in [-0.4, -0.2) is 24.5 Å². The molecule has 23 heavy (non-hydrogen) atoms. The number of anilines is 1. The van der Waals surface area contributed by atoms with E-state index in [-0.39, 0.29) is 18.4 Å². The molecule has 2 amide bonds. The summed E-state index contributed by atoms with van der Waals surface area (Å²) < 4.78 is 10.8. The molecular weight excluding hydrogens is 296 g/mol. The maximum Gasteiger partial charge on any atom is 0.268 e. The molecule has 120 valence electrons.